The average molecular weight is 335 g/mol. The molecule has 0 bridgehead atoms. The number of aromatic nitrogens is 2. The van der Waals surface area contributed by atoms with Gasteiger partial charge in [-0.05, 0) is 36.2 Å². The Bertz CT molecular complexity index is 826. The lowest BCUT2D eigenvalue weighted by Crippen LogP contribution is -2.28. The van der Waals surface area contributed by atoms with E-state index in [4.69, 9.17) is 4.74 Å². The number of hydrogen-bond donors (Lipinski definition) is 2. The molecule has 0 saturated heterocycles. The summed E-state index contributed by atoms with van der Waals surface area (Å²) < 4.78 is 5.12. The molecule has 0 radical (unpaired) electrons. The third-order valence-corrected chi connectivity index (χ3v) is 4.08. The molecule has 0 saturated carbocycles. The van der Waals surface area contributed by atoms with Crippen molar-refractivity contribution in [2.24, 2.45) is 0 Å². The topological polar surface area (TPSA) is 67.0 Å². The lowest BCUT2D eigenvalue weighted by atomic mass is 10.1. The number of nitrogens with zero attached hydrogens (tertiary/aromatic N) is 1. The van der Waals surface area contributed by atoms with Crippen molar-refractivity contribution in [2.45, 2.75) is 19.4 Å². The molecule has 3 rings (SSSR count). The maximum Gasteiger partial charge on any atom is 0.251 e. The molecule has 0 aliphatic heterocycles. The van der Waals surface area contributed by atoms with Crippen molar-refractivity contribution >= 4 is 5.91 Å². The van der Waals surface area contributed by atoms with E-state index in [1.165, 1.54) is 0 Å². The molecule has 2 N–H and O–H groups in total. The van der Waals surface area contributed by atoms with Crippen LogP contribution < -0.4 is 10.1 Å². The normalized spacial score (nSPS) is 11.8. The maximum absolute atomic E-state index is 12.5. The second-order valence-corrected chi connectivity index (χ2v) is 5.71. The van der Waals surface area contributed by atoms with E-state index in [1.54, 1.807) is 37.6 Å². The highest BCUT2D eigenvalue weighted by Crippen LogP contribution is 2.21. The number of carbonyl (C=O) groups excluding carboxylic acids is 1. The molecule has 0 aliphatic carbocycles. The maximum atomic E-state index is 12.5. The molecule has 1 unspecified atom stereocenters. The number of ether oxygens (including phenoxy) is 1. The molecular formula is C20H21N3O2. The van der Waals surface area contributed by atoms with Gasteiger partial charge >= 0.3 is 0 Å². The van der Waals surface area contributed by atoms with Crippen molar-refractivity contribution in [1.82, 2.24) is 15.3 Å². The van der Waals surface area contributed by atoms with Crippen molar-refractivity contribution in [3.63, 3.8) is 0 Å². The zero-order valence-corrected chi connectivity index (χ0v) is 14.3. The standard InChI is InChI=1S/C20H21N3O2/c1-3-17(23-20(24)15-9-11-16(25-2)12-10-15)19-21-13-18(22-19)14-7-5-4-6-8-14/h4-13,17H,3H2,1-2H3,(H,21,22)(H,23,24). The summed E-state index contributed by atoms with van der Waals surface area (Å²) >= 11 is 0. The third kappa shape index (κ3) is 3.88. The Morgan fingerprint density at radius 1 is 1.16 bits per heavy atom. The minimum Gasteiger partial charge on any atom is -0.497 e. The number of methoxy groups -OCH3 is 1. The van der Waals surface area contributed by atoms with Crippen molar-refractivity contribution in [1.29, 1.82) is 0 Å². The number of imidazole rings is 1. The summed E-state index contributed by atoms with van der Waals surface area (Å²) in [6.45, 7) is 2.02. The van der Waals surface area contributed by atoms with Crippen LogP contribution in [0.2, 0.25) is 0 Å². The van der Waals surface area contributed by atoms with Crippen LogP contribution >= 0.6 is 0 Å². The van der Waals surface area contributed by atoms with Crippen LogP contribution in [0.3, 0.4) is 0 Å². The van der Waals surface area contributed by atoms with Crippen molar-refractivity contribution in [2.75, 3.05) is 7.11 Å². The summed E-state index contributed by atoms with van der Waals surface area (Å²) in [6.07, 6.45) is 2.54. The first kappa shape index (κ1) is 16.8. The van der Waals surface area contributed by atoms with Gasteiger partial charge in [0, 0.05) is 5.56 Å². The summed E-state index contributed by atoms with van der Waals surface area (Å²) in [7, 11) is 1.60. The Morgan fingerprint density at radius 2 is 1.88 bits per heavy atom. The molecule has 0 fully saturated rings. The first-order valence-electron chi connectivity index (χ1n) is 8.26. The highest BCUT2D eigenvalue weighted by Gasteiger charge is 2.17. The van der Waals surface area contributed by atoms with Crippen molar-refractivity contribution in [3.8, 4) is 17.0 Å². The summed E-state index contributed by atoms with van der Waals surface area (Å²) in [5.41, 5.74) is 2.60. The zero-order chi connectivity index (χ0) is 17.6. The van der Waals surface area contributed by atoms with E-state index in [1.807, 2.05) is 37.3 Å². The molecule has 0 spiro atoms. The third-order valence-electron chi connectivity index (χ3n) is 4.08. The second kappa shape index (κ2) is 7.66. The molecule has 0 aliphatic rings. The van der Waals surface area contributed by atoms with Gasteiger partial charge in [-0.15, -0.1) is 0 Å². The van der Waals surface area contributed by atoms with Crippen LogP contribution in [0.4, 0.5) is 0 Å². The molecule has 1 heterocycles. The van der Waals surface area contributed by atoms with Crippen LogP contribution in [0, 0.1) is 0 Å². The molecule has 5 nitrogen and oxygen atoms in total. The van der Waals surface area contributed by atoms with Crippen molar-refractivity contribution < 1.29 is 9.53 Å². The number of aromatic amines is 1. The Morgan fingerprint density at radius 3 is 2.52 bits per heavy atom. The molecule has 25 heavy (non-hydrogen) atoms. The number of benzene rings is 2. The van der Waals surface area contributed by atoms with Gasteiger partial charge < -0.3 is 15.0 Å². The molecule has 5 heteroatoms. The van der Waals surface area contributed by atoms with Gasteiger partial charge in [0.1, 0.15) is 11.6 Å². The fourth-order valence-corrected chi connectivity index (χ4v) is 2.63. The fraction of sp³-hybridized carbons (Fsp3) is 0.200. The van der Waals surface area contributed by atoms with Crippen molar-refractivity contribution in [3.05, 3.63) is 72.2 Å². The van der Waals surface area contributed by atoms with Gasteiger partial charge in [0.15, 0.2) is 0 Å². The number of carbonyl (C=O) groups is 1. The molecule has 1 amide bonds. The van der Waals surface area contributed by atoms with Crippen LogP contribution in [-0.2, 0) is 0 Å². The van der Waals surface area contributed by atoms with E-state index in [-0.39, 0.29) is 11.9 Å². The van der Waals surface area contributed by atoms with E-state index in [2.05, 4.69) is 15.3 Å². The highest BCUT2D eigenvalue weighted by molar-refractivity contribution is 5.94. The van der Waals surface area contributed by atoms with Crippen LogP contribution in [0.1, 0.15) is 35.6 Å². The van der Waals surface area contributed by atoms with Crippen LogP contribution in [-0.4, -0.2) is 23.0 Å². The summed E-state index contributed by atoms with van der Waals surface area (Å²) in [6, 6.07) is 16.9. The average Bonchev–Trinajstić information content (AvgIpc) is 3.16. The lowest BCUT2D eigenvalue weighted by molar-refractivity contribution is 0.0934. The summed E-state index contributed by atoms with van der Waals surface area (Å²) in [5.74, 6) is 1.34. The molecular weight excluding hydrogens is 314 g/mol. The van der Waals surface area contributed by atoms with Gasteiger partial charge in [0.2, 0.25) is 0 Å². The van der Waals surface area contributed by atoms with Crippen LogP contribution in [0.25, 0.3) is 11.3 Å². The first-order chi connectivity index (χ1) is 12.2. The number of H-pyrrole nitrogens is 1. The van der Waals surface area contributed by atoms with E-state index in [9.17, 15) is 4.79 Å². The van der Waals surface area contributed by atoms with Gasteiger partial charge in [0.05, 0.1) is 25.0 Å². The lowest BCUT2D eigenvalue weighted by Gasteiger charge is -2.15. The minimum atomic E-state index is -0.174. The van der Waals surface area contributed by atoms with E-state index < -0.39 is 0 Å². The smallest absolute Gasteiger partial charge is 0.251 e. The van der Waals surface area contributed by atoms with E-state index in [0.717, 1.165) is 29.3 Å². The monoisotopic (exact) mass is 335 g/mol. The predicted molar refractivity (Wildman–Crippen MR) is 97.5 cm³/mol. The Labute approximate surface area is 147 Å². The van der Waals surface area contributed by atoms with Gasteiger partial charge in [-0.2, -0.15) is 0 Å². The fourth-order valence-electron chi connectivity index (χ4n) is 2.63. The van der Waals surface area contributed by atoms with E-state index >= 15 is 0 Å². The SMILES string of the molecule is CCC(NC(=O)c1ccc(OC)cc1)c1ncc(-c2ccccc2)[nH]1. The summed E-state index contributed by atoms with van der Waals surface area (Å²) in [4.78, 5) is 20.2. The van der Waals surface area contributed by atoms with Crippen LogP contribution in [0.5, 0.6) is 5.75 Å². The zero-order valence-electron chi connectivity index (χ0n) is 14.3. The van der Waals surface area contributed by atoms with Gasteiger partial charge in [-0.25, -0.2) is 4.98 Å². The molecule has 2 aromatic carbocycles. The molecule has 1 aromatic heterocycles. The minimum absolute atomic E-state index is 0.132. The number of hydrogen-bond acceptors (Lipinski definition) is 3. The number of nitrogens with one attached hydrogen (secondary N) is 2. The van der Waals surface area contributed by atoms with Gasteiger partial charge in [0.25, 0.3) is 5.91 Å². The molecule has 1 atom stereocenters. The molecule has 128 valence electrons. The molecule has 3 aromatic rings. The Balaban J connectivity index is 1.74. The highest BCUT2D eigenvalue weighted by atomic mass is 16.5. The summed E-state index contributed by atoms with van der Waals surface area (Å²) in [5, 5.41) is 3.03. The Kier molecular flexibility index (Phi) is 5.14. The van der Waals surface area contributed by atoms with E-state index in [0.29, 0.717) is 5.56 Å². The Hall–Kier alpha value is -3.08. The largest absolute Gasteiger partial charge is 0.497 e. The number of rotatable bonds is 6. The second-order valence-electron chi connectivity index (χ2n) is 5.71. The van der Waals surface area contributed by atoms with Gasteiger partial charge in [-0.3, -0.25) is 4.79 Å². The van der Waals surface area contributed by atoms with Gasteiger partial charge in [-0.1, -0.05) is 37.3 Å². The predicted octanol–water partition coefficient (Wildman–Crippen LogP) is 3.97. The quantitative estimate of drug-likeness (QED) is 0.716. The van der Waals surface area contributed by atoms with Crippen LogP contribution in [0.15, 0.2) is 60.8 Å². The first-order valence-corrected chi connectivity index (χ1v) is 8.26. The number of amides is 1.